The Morgan fingerprint density at radius 2 is 1.71 bits per heavy atom. The van der Waals surface area contributed by atoms with Crippen molar-refractivity contribution in [3.05, 3.63) is 89.5 Å². The number of rotatable bonds is 6. The van der Waals surface area contributed by atoms with Gasteiger partial charge in [0.25, 0.3) is 0 Å². The molecule has 0 radical (unpaired) electrons. The van der Waals surface area contributed by atoms with Gasteiger partial charge in [-0.3, -0.25) is 0 Å². The monoisotopic (exact) mass is 393 g/mol. The standard InChI is InChI=1S/C23H23NO3S/c1-2-27-18-13-9-15(10-14-18)22(24-26)21-19-5-3-4-6-20(19)28-23(21)16-7-11-17(25)12-8-16/h3-14,21-26H,2H2,1H3. The highest BCUT2D eigenvalue weighted by Gasteiger charge is 2.40. The van der Waals surface area contributed by atoms with Gasteiger partial charge in [-0.25, -0.2) is 0 Å². The van der Waals surface area contributed by atoms with E-state index in [0.29, 0.717) is 6.61 Å². The number of benzene rings is 3. The number of phenolic OH excluding ortho intramolecular Hbond substituents is 1. The molecule has 0 saturated heterocycles. The van der Waals surface area contributed by atoms with Crippen LogP contribution >= 0.6 is 11.8 Å². The first-order valence-corrected chi connectivity index (χ1v) is 10.3. The molecule has 0 aromatic heterocycles. The Morgan fingerprint density at radius 3 is 2.39 bits per heavy atom. The third-order valence-electron chi connectivity index (χ3n) is 5.13. The first-order valence-electron chi connectivity index (χ1n) is 9.38. The smallest absolute Gasteiger partial charge is 0.119 e. The van der Waals surface area contributed by atoms with Gasteiger partial charge in [0.2, 0.25) is 0 Å². The summed E-state index contributed by atoms with van der Waals surface area (Å²) in [5.74, 6) is 1.11. The van der Waals surface area contributed by atoms with Crippen molar-refractivity contribution in [1.29, 1.82) is 0 Å². The van der Waals surface area contributed by atoms with Crippen LogP contribution in [0, 0.1) is 0 Å². The Morgan fingerprint density at radius 1 is 1.00 bits per heavy atom. The maximum absolute atomic E-state index is 10.1. The van der Waals surface area contributed by atoms with Gasteiger partial charge < -0.3 is 15.1 Å². The van der Waals surface area contributed by atoms with E-state index >= 15 is 0 Å². The number of hydrogen-bond donors (Lipinski definition) is 3. The summed E-state index contributed by atoms with van der Waals surface area (Å²) < 4.78 is 5.55. The summed E-state index contributed by atoms with van der Waals surface area (Å²) in [5, 5.41) is 19.9. The normalized spacial score (nSPS) is 19.2. The van der Waals surface area contributed by atoms with Gasteiger partial charge in [-0.2, -0.15) is 5.48 Å². The molecule has 0 bridgehead atoms. The zero-order chi connectivity index (χ0) is 19.5. The molecule has 1 heterocycles. The van der Waals surface area contributed by atoms with E-state index < -0.39 is 0 Å². The van der Waals surface area contributed by atoms with Crippen molar-refractivity contribution in [2.75, 3.05) is 6.61 Å². The molecule has 3 aromatic carbocycles. The molecular formula is C23H23NO3S. The van der Waals surface area contributed by atoms with E-state index in [4.69, 9.17) is 4.74 Å². The van der Waals surface area contributed by atoms with Crippen LogP contribution in [0.2, 0.25) is 0 Å². The SMILES string of the molecule is CCOc1ccc(C(NO)C2c3ccccc3SC2c2ccc(O)cc2)cc1. The molecule has 5 heteroatoms. The van der Waals surface area contributed by atoms with E-state index in [-0.39, 0.29) is 23.0 Å². The Balaban J connectivity index is 1.74. The molecule has 4 rings (SSSR count). The molecule has 3 atom stereocenters. The number of aromatic hydroxyl groups is 1. The molecule has 1 aliphatic heterocycles. The van der Waals surface area contributed by atoms with E-state index in [0.717, 1.165) is 16.9 Å². The summed E-state index contributed by atoms with van der Waals surface area (Å²) >= 11 is 1.80. The Hall–Kier alpha value is -2.47. The van der Waals surface area contributed by atoms with Crippen LogP contribution < -0.4 is 10.2 Å². The fourth-order valence-corrected chi connectivity index (χ4v) is 5.34. The van der Waals surface area contributed by atoms with Crippen LogP contribution in [0.4, 0.5) is 0 Å². The van der Waals surface area contributed by atoms with Crippen LogP contribution in [0.15, 0.2) is 77.7 Å². The first kappa shape index (κ1) is 18.9. The van der Waals surface area contributed by atoms with Gasteiger partial charge in [0, 0.05) is 16.1 Å². The maximum Gasteiger partial charge on any atom is 0.119 e. The topological polar surface area (TPSA) is 61.7 Å². The molecule has 0 spiro atoms. The van der Waals surface area contributed by atoms with Crippen molar-refractivity contribution < 1.29 is 15.1 Å². The number of hydrogen-bond acceptors (Lipinski definition) is 5. The highest BCUT2D eigenvalue weighted by Crippen LogP contribution is 2.58. The summed E-state index contributed by atoms with van der Waals surface area (Å²) in [6, 6.07) is 23.3. The lowest BCUT2D eigenvalue weighted by Gasteiger charge is -2.28. The molecule has 1 aliphatic rings. The lowest BCUT2D eigenvalue weighted by atomic mass is 9.83. The molecule has 3 unspecified atom stereocenters. The number of fused-ring (bicyclic) bond motifs is 1. The zero-order valence-electron chi connectivity index (χ0n) is 15.6. The highest BCUT2D eigenvalue weighted by molar-refractivity contribution is 8.00. The number of ether oxygens (including phenoxy) is 1. The molecule has 4 nitrogen and oxygen atoms in total. The average Bonchev–Trinajstić information content (AvgIpc) is 3.10. The van der Waals surface area contributed by atoms with Gasteiger partial charge in [-0.1, -0.05) is 42.5 Å². The largest absolute Gasteiger partial charge is 0.508 e. The van der Waals surface area contributed by atoms with E-state index in [1.54, 1.807) is 23.9 Å². The minimum Gasteiger partial charge on any atom is -0.508 e. The predicted octanol–water partition coefficient (Wildman–Crippen LogP) is 5.44. The molecular weight excluding hydrogens is 370 g/mol. The molecule has 0 fully saturated rings. The molecule has 0 amide bonds. The van der Waals surface area contributed by atoms with Crippen LogP contribution in [-0.4, -0.2) is 16.9 Å². The molecule has 144 valence electrons. The van der Waals surface area contributed by atoms with Crippen LogP contribution in [-0.2, 0) is 0 Å². The second-order valence-corrected chi connectivity index (χ2v) is 7.99. The lowest BCUT2D eigenvalue weighted by Crippen LogP contribution is -2.26. The minimum absolute atomic E-state index is 0.0358. The molecule has 28 heavy (non-hydrogen) atoms. The van der Waals surface area contributed by atoms with Crippen molar-refractivity contribution in [2.24, 2.45) is 0 Å². The Bertz CT molecular complexity index is 927. The summed E-state index contributed by atoms with van der Waals surface area (Å²) in [6.07, 6.45) is 0. The van der Waals surface area contributed by atoms with Gasteiger partial charge in [0.1, 0.15) is 11.5 Å². The second-order valence-electron chi connectivity index (χ2n) is 6.80. The van der Waals surface area contributed by atoms with Crippen molar-refractivity contribution in [3.63, 3.8) is 0 Å². The quantitative estimate of drug-likeness (QED) is 0.487. The summed E-state index contributed by atoms with van der Waals surface area (Å²) in [6.45, 7) is 2.58. The molecule has 0 aliphatic carbocycles. The lowest BCUT2D eigenvalue weighted by molar-refractivity contribution is 0.112. The second kappa shape index (κ2) is 8.27. The van der Waals surface area contributed by atoms with E-state index in [2.05, 4.69) is 17.6 Å². The van der Waals surface area contributed by atoms with E-state index in [1.807, 2.05) is 55.5 Å². The Kier molecular flexibility index (Phi) is 5.57. The average molecular weight is 394 g/mol. The van der Waals surface area contributed by atoms with Crippen LogP contribution in [0.25, 0.3) is 0 Å². The van der Waals surface area contributed by atoms with Crippen LogP contribution in [0.3, 0.4) is 0 Å². The first-order chi connectivity index (χ1) is 13.7. The van der Waals surface area contributed by atoms with Gasteiger partial charge in [-0.05, 0) is 53.9 Å². The van der Waals surface area contributed by atoms with Crippen LogP contribution in [0.5, 0.6) is 11.5 Å². The van der Waals surface area contributed by atoms with E-state index in [9.17, 15) is 10.3 Å². The number of thioether (sulfide) groups is 1. The summed E-state index contributed by atoms with van der Waals surface area (Å²) in [5.41, 5.74) is 5.89. The molecule has 3 N–H and O–H groups in total. The van der Waals surface area contributed by atoms with Gasteiger partial charge in [0.15, 0.2) is 0 Å². The molecule has 3 aromatic rings. The van der Waals surface area contributed by atoms with Crippen molar-refractivity contribution in [3.8, 4) is 11.5 Å². The fraction of sp³-hybridized carbons (Fsp3) is 0.217. The van der Waals surface area contributed by atoms with Crippen LogP contribution in [0.1, 0.15) is 40.8 Å². The zero-order valence-corrected chi connectivity index (χ0v) is 16.4. The van der Waals surface area contributed by atoms with Crippen molar-refractivity contribution in [2.45, 2.75) is 29.0 Å². The predicted molar refractivity (Wildman–Crippen MR) is 111 cm³/mol. The number of nitrogens with one attached hydrogen (secondary N) is 1. The van der Waals surface area contributed by atoms with Gasteiger partial charge in [-0.15, -0.1) is 11.8 Å². The highest BCUT2D eigenvalue weighted by atomic mass is 32.2. The number of phenols is 1. The van der Waals surface area contributed by atoms with Crippen molar-refractivity contribution >= 4 is 11.8 Å². The summed E-state index contributed by atoms with van der Waals surface area (Å²) in [4.78, 5) is 1.22. The number of hydroxylamine groups is 1. The molecule has 0 saturated carbocycles. The minimum atomic E-state index is -0.273. The van der Waals surface area contributed by atoms with Crippen molar-refractivity contribution in [1.82, 2.24) is 5.48 Å². The fourth-order valence-electron chi connectivity index (χ4n) is 3.83. The third-order valence-corrected chi connectivity index (χ3v) is 6.57. The Labute approximate surface area is 169 Å². The maximum atomic E-state index is 10.1. The van der Waals surface area contributed by atoms with Gasteiger partial charge in [0.05, 0.1) is 12.6 Å². The summed E-state index contributed by atoms with van der Waals surface area (Å²) in [7, 11) is 0. The van der Waals surface area contributed by atoms with Gasteiger partial charge >= 0.3 is 0 Å². The van der Waals surface area contributed by atoms with E-state index in [1.165, 1.54) is 10.5 Å². The third kappa shape index (κ3) is 3.61.